The second-order valence-electron chi connectivity index (χ2n) is 3.56. The molecule has 1 aromatic rings. The van der Waals surface area contributed by atoms with Gasteiger partial charge in [0, 0.05) is 5.56 Å². The van der Waals surface area contributed by atoms with Gasteiger partial charge >= 0.3 is 0 Å². The molecule has 2 rings (SSSR count). The molecule has 78 valence electrons. The molecule has 0 radical (unpaired) electrons. The molecule has 1 aliphatic rings. The average Bonchev–Trinajstić information content (AvgIpc) is 2.99. The molecular formula is C11H10BrNO2. The number of nitrogens with zero attached hydrogens (tertiary/aromatic N) is 1. The lowest BCUT2D eigenvalue weighted by Crippen LogP contribution is -2.05. The summed E-state index contributed by atoms with van der Waals surface area (Å²) in [5.74, 6) is 0.758. The molecule has 0 aliphatic heterocycles. The van der Waals surface area contributed by atoms with E-state index in [-0.39, 0.29) is 5.54 Å². The minimum Gasteiger partial charge on any atom is -0.495 e. The van der Waals surface area contributed by atoms with E-state index in [4.69, 9.17) is 4.74 Å². The Kier molecular flexibility index (Phi) is 2.63. The molecule has 0 amide bonds. The molecular weight excluding hydrogens is 258 g/mol. The van der Waals surface area contributed by atoms with Gasteiger partial charge in [-0.3, -0.25) is 0 Å². The van der Waals surface area contributed by atoms with E-state index in [1.807, 2.05) is 18.2 Å². The first-order valence-electron chi connectivity index (χ1n) is 4.65. The maximum absolute atomic E-state index is 10.4. The van der Waals surface area contributed by atoms with Gasteiger partial charge in [-0.25, -0.2) is 4.79 Å². The maximum atomic E-state index is 10.4. The summed E-state index contributed by atoms with van der Waals surface area (Å²) < 4.78 is 6.20. The topological polar surface area (TPSA) is 38.7 Å². The Labute approximate surface area is 96.3 Å². The van der Waals surface area contributed by atoms with Crippen molar-refractivity contribution in [3.8, 4) is 5.75 Å². The van der Waals surface area contributed by atoms with Gasteiger partial charge in [-0.2, -0.15) is 4.99 Å². The Morgan fingerprint density at radius 2 is 2.27 bits per heavy atom. The Morgan fingerprint density at radius 3 is 2.80 bits per heavy atom. The maximum Gasteiger partial charge on any atom is 0.235 e. The Morgan fingerprint density at radius 1 is 1.53 bits per heavy atom. The molecule has 4 heteroatoms. The fourth-order valence-electron chi connectivity index (χ4n) is 1.73. The predicted molar refractivity (Wildman–Crippen MR) is 59.7 cm³/mol. The van der Waals surface area contributed by atoms with Crippen LogP contribution in [0, 0.1) is 0 Å². The van der Waals surface area contributed by atoms with Gasteiger partial charge in [-0.1, -0.05) is 12.1 Å². The monoisotopic (exact) mass is 267 g/mol. The molecule has 1 fully saturated rings. The van der Waals surface area contributed by atoms with Crippen LogP contribution in [0.5, 0.6) is 5.75 Å². The first-order valence-corrected chi connectivity index (χ1v) is 5.45. The van der Waals surface area contributed by atoms with Crippen LogP contribution in [0.25, 0.3) is 0 Å². The van der Waals surface area contributed by atoms with Gasteiger partial charge in [0.1, 0.15) is 11.3 Å². The summed E-state index contributed by atoms with van der Waals surface area (Å²) in [5.41, 5.74) is 0.583. The van der Waals surface area contributed by atoms with Gasteiger partial charge in [0.2, 0.25) is 6.08 Å². The van der Waals surface area contributed by atoms with E-state index in [9.17, 15) is 4.79 Å². The van der Waals surface area contributed by atoms with Crippen molar-refractivity contribution in [3.63, 3.8) is 0 Å². The van der Waals surface area contributed by atoms with Gasteiger partial charge < -0.3 is 4.74 Å². The van der Waals surface area contributed by atoms with Crippen LogP contribution >= 0.6 is 15.9 Å². The summed E-state index contributed by atoms with van der Waals surface area (Å²) in [7, 11) is 1.62. The van der Waals surface area contributed by atoms with Crippen molar-refractivity contribution in [2.45, 2.75) is 18.4 Å². The summed E-state index contributed by atoms with van der Waals surface area (Å²) in [6.07, 6.45) is 3.41. The highest BCUT2D eigenvalue weighted by Gasteiger charge is 2.47. The number of para-hydroxylation sites is 1. The van der Waals surface area contributed by atoms with Gasteiger partial charge in [-0.15, -0.1) is 0 Å². The summed E-state index contributed by atoms with van der Waals surface area (Å²) in [4.78, 5) is 14.3. The molecule has 1 aliphatic carbocycles. The number of benzene rings is 1. The average molecular weight is 268 g/mol. The minimum atomic E-state index is -0.378. The highest BCUT2D eigenvalue weighted by atomic mass is 79.9. The van der Waals surface area contributed by atoms with Crippen LogP contribution in [0.2, 0.25) is 0 Å². The summed E-state index contributed by atoms with van der Waals surface area (Å²) in [6.45, 7) is 0. The molecule has 0 saturated heterocycles. The molecule has 0 spiro atoms. The van der Waals surface area contributed by atoms with Crippen molar-refractivity contribution < 1.29 is 9.53 Å². The van der Waals surface area contributed by atoms with Gasteiger partial charge in [0.25, 0.3) is 0 Å². The standard InChI is InChI=1S/C11H10BrNO2/c1-15-10-8(3-2-4-9(10)12)11(5-6-11)13-7-14/h2-4H,5-6H2,1H3. The minimum absolute atomic E-state index is 0.378. The number of hydrogen-bond donors (Lipinski definition) is 0. The van der Waals surface area contributed by atoms with Crippen molar-refractivity contribution in [3.05, 3.63) is 28.2 Å². The van der Waals surface area contributed by atoms with Gasteiger partial charge in [0.15, 0.2) is 0 Å². The van der Waals surface area contributed by atoms with E-state index >= 15 is 0 Å². The number of aliphatic imine (C=N–C) groups is 1. The first-order chi connectivity index (χ1) is 7.23. The number of carbonyl (C=O) groups excluding carboxylic acids is 1. The Hall–Kier alpha value is -1.12. The third-order valence-electron chi connectivity index (χ3n) is 2.66. The second-order valence-corrected chi connectivity index (χ2v) is 4.41. The quantitative estimate of drug-likeness (QED) is 0.624. The van der Waals surface area contributed by atoms with E-state index in [1.54, 1.807) is 13.2 Å². The van der Waals surface area contributed by atoms with Crippen LogP contribution in [-0.2, 0) is 10.3 Å². The highest BCUT2D eigenvalue weighted by Crippen LogP contribution is 2.53. The van der Waals surface area contributed by atoms with E-state index in [1.165, 1.54) is 0 Å². The predicted octanol–water partition coefficient (Wildman–Crippen LogP) is 2.78. The zero-order valence-corrected chi connectivity index (χ0v) is 9.87. The third kappa shape index (κ3) is 1.71. The Bertz CT molecular complexity index is 434. The van der Waals surface area contributed by atoms with Crippen LogP contribution in [0.1, 0.15) is 18.4 Å². The van der Waals surface area contributed by atoms with Crippen molar-refractivity contribution in [2.75, 3.05) is 7.11 Å². The molecule has 0 unspecified atom stereocenters. The van der Waals surface area contributed by atoms with E-state index < -0.39 is 0 Å². The third-order valence-corrected chi connectivity index (χ3v) is 3.28. The number of isocyanates is 1. The lowest BCUT2D eigenvalue weighted by Gasteiger charge is -2.14. The van der Waals surface area contributed by atoms with E-state index in [0.717, 1.165) is 28.6 Å². The molecule has 0 heterocycles. The van der Waals surface area contributed by atoms with E-state index in [2.05, 4.69) is 20.9 Å². The van der Waals surface area contributed by atoms with Gasteiger partial charge in [-0.05, 0) is 34.8 Å². The normalized spacial score (nSPS) is 16.7. The zero-order valence-electron chi connectivity index (χ0n) is 8.29. The largest absolute Gasteiger partial charge is 0.495 e. The summed E-state index contributed by atoms with van der Waals surface area (Å²) in [5, 5.41) is 0. The molecule has 0 N–H and O–H groups in total. The van der Waals surface area contributed by atoms with Crippen LogP contribution in [-0.4, -0.2) is 13.2 Å². The van der Waals surface area contributed by atoms with Crippen LogP contribution in [0.15, 0.2) is 27.7 Å². The van der Waals surface area contributed by atoms with Crippen molar-refractivity contribution in [2.24, 2.45) is 4.99 Å². The fourth-order valence-corrected chi connectivity index (χ4v) is 2.26. The van der Waals surface area contributed by atoms with Crippen molar-refractivity contribution in [1.82, 2.24) is 0 Å². The molecule has 1 saturated carbocycles. The number of hydrogen-bond acceptors (Lipinski definition) is 3. The molecule has 1 aromatic carbocycles. The lowest BCUT2D eigenvalue weighted by atomic mass is 10.0. The van der Waals surface area contributed by atoms with Crippen LogP contribution < -0.4 is 4.74 Å². The fraction of sp³-hybridized carbons (Fsp3) is 0.364. The zero-order chi connectivity index (χ0) is 10.9. The Balaban J connectivity index is 2.53. The number of methoxy groups -OCH3 is 1. The SMILES string of the molecule is COc1c(Br)cccc1C1(N=C=O)CC1. The molecule has 0 aromatic heterocycles. The van der Waals surface area contributed by atoms with E-state index in [0.29, 0.717) is 0 Å². The number of ether oxygens (including phenoxy) is 1. The summed E-state index contributed by atoms with van der Waals surface area (Å²) in [6, 6.07) is 5.77. The number of halogens is 1. The smallest absolute Gasteiger partial charge is 0.235 e. The lowest BCUT2D eigenvalue weighted by molar-refractivity contribution is 0.401. The van der Waals surface area contributed by atoms with Crippen LogP contribution in [0.4, 0.5) is 0 Å². The van der Waals surface area contributed by atoms with Crippen molar-refractivity contribution >= 4 is 22.0 Å². The summed E-state index contributed by atoms with van der Waals surface area (Å²) >= 11 is 3.41. The molecule has 3 nitrogen and oxygen atoms in total. The highest BCUT2D eigenvalue weighted by molar-refractivity contribution is 9.10. The van der Waals surface area contributed by atoms with Crippen LogP contribution in [0.3, 0.4) is 0 Å². The number of rotatable bonds is 3. The molecule has 0 bridgehead atoms. The van der Waals surface area contributed by atoms with Gasteiger partial charge in [0.05, 0.1) is 11.6 Å². The second kappa shape index (κ2) is 3.80. The first kappa shape index (κ1) is 10.4. The molecule has 0 atom stereocenters. The molecule has 15 heavy (non-hydrogen) atoms. The van der Waals surface area contributed by atoms with Crippen molar-refractivity contribution in [1.29, 1.82) is 0 Å².